The molecule has 1 atom stereocenters. The SMILES string of the molecule is O=C1C(=O)N(CCOCCO)[C@@H](c2ccc([N+](=O)[O-])cc2)C1=C(O)c1cccc([N+](=O)[O-])c1. The summed E-state index contributed by atoms with van der Waals surface area (Å²) in [5.74, 6) is -2.55. The number of nitrogens with zero attached hydrogens (tertiary/aromatic N) is 3. The van der Waals surface area contributed by atoms with Crippen LogP contribution in [0.1, 0.15) is 17.2 Å². The predicted octanol–water partition coefficient (Wildman–Crippen LogP) is 1.93. The monoisotopic (exact) mass is 457 g/mol. The first kappa shape index (κ1) is 23.5. The summed E-state index contributed by atoms with van der Waals surface area (Å²) in [4.78, 5) is 47.6. The molecule has 12 heteroatoms. The Kier molecular flexibility index (Phi) is 7.10. The number of ketones is 1. The van der Waals surface area contributed by atoms with E-state index in [9.17, 15) is 34.9 Å². The number of aliphatic hydroxyl groups excluding tert-OH is 2. The molecule has 0 saturated carbocycles. The highest BCUT2D eigenvalue weighted by Gasteiger charge is 2.46. The Bertz CT molecular complexity index is 1130. The number of amides is 1. The average Bonchev–Trinajstić information content (AvgIpc) is 3.06. The topological polar surface area (TPSA) is 173 Å². The van der Waals surface area contributed by atoms with Gasteiger partial charge in [-0.15, -0.1) is 0 Å². The maximum atomic E-state index is 12.9. The number of hydrogen-bond donors (Lipinski definition) is 2. The fraction of sp³-hybridized carbons (Fsp3) is 0.238. The van der Waals surface area contributed by atoms with Gasteiger partial charge in [0.15, 0.2) is 0 Å². The van der Waals surface area contributed by atoms with Gasteiger partial charge in [-0.2, -0.15) is 0 Å². The Morgan fingerprint density at radius 3 is 2.27 bits per heavy atom. The van der Waals surface area contributed by atoms with Crippen molar-refractivity contribution in [2.45, 2.75) is 6.04 Å². The van der Waals surface area contributed by atoms with Crippen molar-refractivity contribution >= 4 is 28.8 Å². The summed E-state index contributed by atoms with van der Waals surface area (Å²) in [6.45, 7) is -0.316. The Morgan fingerprint density at radius 1 is 1.00 bits per heavy atom. The van der Waals surface area contributed by atoms with Gasteiger partial charge in [-0.1, -0.05) is 12.1 Å². The number of nitro benzene ring substituents is 2. The summed E-state index contributed by atoms with van der Waals surface area (Å²) in [7, 11) is 0. The molecule has 1 amide bonds. The zero-order valence-electron chi connectivity index (χ0n) is 17.1. The van der Waals surface area contributed by atoms with Crippen LogP contribution in [0.5, 0.6) is 0 Å². The van der Waals surface area contributed by atoms with Crippen molar-refractivity contribution < 1.29 is 34.4 Å². The van der Waals surface area contributed by atoms with Gasteiger partial charge in [0.1, 0.15) is 5.76 Å². The number of aliphatic hydroxyl groups is 2. The minimum absolute atomic E-state index is 0.0137. The van der Waals surface area contributed by atoms with E-state index in [0.717, 1.165) is 11.0 Å². The zero-order chi connectivity index (χ0) is 24.1. The maximum absolute atomic E-state index is 12.9. The Hall–Kier alpha value is -4.16. The molecule has 12 nitrogen and oxygen atoms in total. The predicted molar refractivity (Wildman–Crippen MR) is 113 cm³/mol. The highest BCUT2D eigenvalue weighted by molar-refractivity contribution is 6.46. The van der Waals surface area contributed by atoms with Crippen molar-refractivity contribution in [3.8, 4) is 0 Å². The van der Waals surface area contributed by atoms with E-state index >= 15 is 0 Å². The van der Waals surface area contributed by atoms with Gasteiger partial charge in [-0.05, 0) is 17.7 Å². The van der Waals surface area contributed by atoms with E-state index in [-0.39, 0.29) is 48.9 Å². The first-order chi connectivity index (χ1) is 15.8. The first-order valence-corrected chi connectivity index (χ1v) is 9.72. The highest BCUT2D eigenvalue weighted by Crippen LogP contribution is 2.40. The number of hydrogen-bond acceptors (Lipinski definition) is 9. The minimum atomic E-state index is -1.11. The highest BCUT2D eigenvalue weighted by atomic mass is 16.6. The van der Waals surface area contributed by atoms with Gasteiger partial charge in [0, 0.05) is 36.4 Å². The van der Waals surface area contributed by atoms with Crippen LogP contribution in [-0.4, -0.2) is 63.0 Å². The van der Waals surface area contributed by atoms with E-state index in [2.05, 4.69) is 0 Å². The Labute approximate surface area is 186 Å². The number of benzene rings is 2. The number of non-ortho nitro benzene ring substituents is 2. The van der Waals surface area contributed by atoms with Crippen LogP contribution in [0.4, 0.5) is 11.4 Å². The second kappa shape index (κ2) is 9.97. The van der Waals surface area contributed by atoms with Crippen molar-refractivity contribution in [1.29, 1.82) is 0 Å². The first-order valence-electron chi connectivity index (χ1n) is 9.72. The van der Waals surface area contributed by atoms with Crippen LogP contribution in [0, 0.1) is 20.2 Å². The third-order valence-electron chi connectivity index (χ3n) is 5.00. The lowest BCUT2D eigenvalue weighted by molar-refractivity contribution is -0.385. The zero-order valence-corrected chi connectivity index (χ0v) is 17.1. The van der Waals surface area contributed by atoms with Crippen LogP contribution in [0.2, 0.25) is 0 Å². The lowest BCUT2D eigenvalue weighted by Crippen LogP contribution is -2.33. The minimum Gasteiger partial charge on any atom is -0.507 e. The van der Waals surface area contributed by atoms with E-state index in [1.54, 1.807) is 0 Å². The molecule has 2 aromatic carbocycles. The van der Waals surface area contributed by atoms with E-state index in [1.807, 2.05) is 0 Å². The number of likely N-dealkylation sites (tertiary alicyclic amines) is 1. The molecule has 1 aliphatic heterocycles. The summed E-state index contributed by atoms with van der Waals surface area (Å²) in [6, 6.07) is 8.97. The summed E-state index contributed by atoms with van der Waals surface area (Å²) in [6.07, 6.45) is 0. The van der Waals surface area contributed by atoms with Crippen molar-refractivity contribution in [2.24, 2.45) is 0 Å². The second-order valence-corrected chi connectivity index (χ2v) is 6.98. The van der Waals surface area contributed by atoms with Crippen LogP contribution in [0.15, 0.2) is 54.1 Å². The van der Waals surface area contributed by atoms with Gasteiger partial charge >= 0.3 is 0 Å². The van der Waals surface area contributed by atoms with Crippen molar-refractivity contribution in [3.05, 3.63) is 85.5 Å². The van der Waals surface area contributed by atoms with Gasteiger partial charge in [0.25, 0.3) is 23.1 Å². The molecular weight excluding hydrogens is 438 g/mol. The molecule has 1 saturated heterocycles. The van der Waals surface area contributed by atoms with E-state index in [4.69, 9.17) is 9.84 Å². The van der Waals surface area contributed by atoms with Gasteiger partial charge < -0.3 is 19.8 Å². The standard InChI is InChI=1S/C21H19N3O9/c25-9-11-33-10-8-22-18(13-4-6-15(7-5-13)23(29)30)17(20(27)21(22)28)19(26)14-2-1-3-16(12-14)24(31)32/h1-7,12,18,25-26H,8-11H2/t18-/m0/s1. The smallest absolute Gasteiger partial charge is 0.295 e. The number of rotatable bonds is 9. The van der Waals surface area contributed by atoms with Gasteiger partial charge in [0.2, 0.25) is 0 Å². The summed E-state index contributed by atoms with van der Waals surface area (Å²) in [5.41, 5.74) is -0.561. The molecule has 172 valence electrons. The quantitative estimate of drug-likeness (QED) is 0.142. The molecule has 0 radical (unpaired) electrons. The van der Waals surface area contributed by atoms with Crippen LogP contribution < -0.4 is 0 Å². The molecule has 0 bridgehead atoms. The molecule has 2 aromatic rings. The second-order valence-electron chi connectivity index (χ2n) is 6.98. The molecule has 33 heavy (non-hydrogen) atoms. The number of nitro groups is 2. The molecule has 1 fully saturated rings. The summed E-state index contributed by atoms with van der Waals surface area (Å²) >= 11 is 0. The number of carbonyl (C=O) groups is 2. The van der Waals surface area contributed by atoms with Gasteiger partial charge in [0.05, 0.1) is 41.3 Å². The fourth-order valence-corrected chi connectivity index (χ4v) is 3.49. The van der Waals surface area contributed by atoms with Crippen LogP contribution in [0.25, 0.3) is 5.76 Å². The van der Waals surface area contributed by atoms with E-state index in [0.29, 0.717) is 5.56 Å². The summed E-state index contributed by atoms with van der Waals surface area (Å²) < 4.78 is 5.19. The van der Waals surface area contributed by atoms with Crippen LogP contribution in [0.3, 0.4) is 0 Å². The van der Waals surface area contributed by atoms with E-state index < -0.39 is 33.3 Å². The lowest BCUT2D eigenvalue weighted by atomic mass is 9.95. The molecule has 1 heterocycles. The molecule has 2 N–H and O–H groups in total. The number of ether oxygens (including phenoxy) is 1. The van der Waals surface area contributed by atoms with E-state index in [1.165, 1.54) is 42.5 Å². The number of carbonyl (C=O) groups excluding carboxylic acids is 2. The number of Topliss-reactive ketones (excluding diaryl/α,β-unsaturated/α-hetero) is 1. The molecule has 0 unspecified atom stereocenters. The fourth-order valence-electron chi connectivity index (χ4n) is 3.49. The van der Waals surface area contributed by atoms with Crippen LogP contribution in [-0.2, 0) is 14.3 Å². The third kappa shape index (κ3) is 4.86. The lowest BCUT2D eigenvalue weighted by Gasteiger charge is -2.25. The molecule has 0 aromatic heterocycles. The third-order valence-corrected chi connectivity index (χ3v) is 5.00. The molecule has 0 spiro atoms. The maximum Gasteiger partial charge on any atom is 0.295 e. The average molecular weight is 457 g/mol. The van der Waals surface area contributed by atoms with Crippen molar-refractivity contribution in [1.82, 2.24) is 4.90 Å². The summed E-state index contributed by atoms with van der Waals surface area (Å²) in [5, 5.41) is 41.9. The normalized spacial score (nSPS) is 17.4. The van der Waals surface area contributed by atoms with Crippen molar-refractivity contribution in [3.63, 3.8) is 0 Å². The molecule has 3 rings (SSSR count). The Morgan fingerprint density at radius 2 is 1.67 bits per heavy atom. The Balaban J connectivity index is 2.10. The van der Waals surface area contributed by atoms with Gasteiger partial charge in [-0.3, -0.25) is 29.8 Å². The van der Waals surface area contributed by atoms with Crippen molar-refractivity contribution in [2.75, 3.05) is 26.4 Å². The van der Waals surface area contributed by atoms with Crippen LogP contribution >= 0.6 is 0 Å². The molecule has 1 aliphatic rings. The molecule has 0 aliphatic carbocycles. The largest absolute Gasteiger partial charge is 0.507 e. The molecular formula is C21H19N3O9. The van der Waals surface area contributed by atoms with Gasteiger partial charge in [-0.25, -0.2) is 0 Å².